The van der Waals surface area contributed by atoms with Gasteiger partial charge in [0.15, 0.2) is 0 Å². The molecular weight excluding hydrogens is 322 g/mol. The number of nitrogens with zero attached hydrogens (tertiary/aromatic N) is 1. The Morgan fingerprint density at radius 2 is 1.81 bits per heavy atom. The van der Waals surface area contributed by atoms with E-state index in [-0.39, 0.29) is 11.9 Å². The fourth-order valence-corrected chi connectivity index (χ4v) is 3.28. The highest BCUT2D eigenvalue weighted by Crippen LogP contribution is 2.37. The fourth-order valence-electron chi connectivity index (χ4n) is 3.28. The first-order chi connectivity index (χ1) is 12.8. The lowest BCUT2D eigenvalue weighted by Gasteiger charge is -2.21. The number of amides is 1. The quantitative estimate of drug-likeness (QED) is 0.519. The molecule has 1 aliphatic heterocycles. The van der Waals surface area contributed by atoms with Crippen molar-refractivity contribution in [3.63, 3.8) is 0 Å². The number of methoxy groups -OCH3 is 1. The molecule has 2 aromatic carbocycles. The van der Waals surface area contributed by atoms with Crippen molar-refractivity contribution in [3.8, 4) is 17.6 Å². The molecule has 1 heterocycles. The molecule has 0 N–H and O–H groups in total. The second-order valence-corrected chi connectivity index (χ2v) is 6.49. The van der Waals surface area contributed by atoms with E-state index in [1.165, 1.54) is 19.3 Å². The number of ether oxygens (including phenoxy) is 1. The number of fused-ring (bicyclic) bond motifs is 1. The summed E-state index contributed by atoms with van der Waals surface area (Å²) in [4.78, 5) is 14.8. The van der Waals surface area contributed by atoms with Gasteiger partial charge < -0.3 is 4.74 Å². The van der Waals surface area contributed by atoms with Gasteiger partial charge in [-0.05, 0) is 42.3 Å². The summed E-state index contributed by atoms with van der Waals surface area (Å²) in [7, 11) is 1.64. The molecule has 0 bridgehead atoms. The molecule has 0 radical (unpaired) electrons. The highest BCUT2D eigenvalue weighted by Gasteiger charge is 2.36. The second kappa shape index (κ2) is 8.58. The van der Waals surface area contributed by atoms with Crippen LogP contribution in [-0.4, -0.2) is 13.0 Å². The molecule has 1 amide bonds. The van der Waals surface area contributed by atoms with Gasteiger partial charge in [-0.3, -0.25) is 9.69 Å². The number of unbranched alkanes of at least 4 members (excludes halogenated alkanes) is 4. The zero-order valence-electron chi connectivity index (χ0n) is 15.5. The third kappa shape index (κ3) is 3.75. The molecule has 3 rings (SSSR count). The zero-order chi connectivity index (χ0) is 18.4. The molecule has 0 fully saturated rings. The van der Waals surface area contributed by atoms with Gasteiger partial charge in [0.05, 0.1) is 7.11 Å². The molecule has 26 heavy (non-hydrogen) atoms. The van der Waals surface area contributed by atoms with Crippen molar-refractivity contribution in [2.45, 2.75) is 45.1 Å². The lowest BCUT2D eigenvalue weighted by atomic mass is 10.0. The van der Waals surface area contributed by atoms with E-state index < -0.39 is 0 Å². The van der Waals surface area contributed by atoms with Crippen LogP contribution in [0.5, 0.6) is 5.75 Å². The van der Waals surface area contributed by atoms with Crippen molar-refractivity contribution in [1.82, 2.24) is 0 Å². The summed E-state index contributed by atoms with van der Waals surface area (Å²) in [6.07, 6.45) is 5.69. The average Bonchev–Trinajstić information content (AvgIpc) is 2.97. The van der Waals surface area contributed by atoms with Gasteiger partial charge in [-0.15, -0.1) is 5.92 Å². The third-order valence-corrected chi connectivity index (χ3v) is 4.71. The molecule has 3 heteroatoms. The predicted molar refractivity (Wildman–Crippen MR) is 106 cm³/mol. The lowest BCUT2D eigenvalue weighted by Crippen LogP contribution is -2.26. The van der Waals surface area contributed by atoms with Gasteiger partial charge in [0.25, 0.3) is 5.91 Å². The Labute approximate surface area is 156 Å². The van der Waals surface area contributed by atoms with E-state index in [1.807, 2.05) is 48.5 Å². The number of anilines is 1. The van der Waals surface area contributed by atoms with E-state index in [4.69, 9.17) is 4.74 Å². The van der Waals surface area contributed by atoms with Crippen LogP contribution >= 0.6 is 0 Å². The standard InChI is InChI=1S/C23H25NO2/c1-3-4-5-6-7-8-13-22-20-11-9-10-12-21(20)23(25)24(22)18-14-16-19(26-2)17-15-18/h9-12,14-17,22H,3-7H2,1-2H3/t22-/m0/s1. The Morgan fingerprint density at radius 1 is 1.04 bits per heavy atom. The Kier molecular flexibility index (Phi) is 5.96. The van der Waals surface area contributed by atoms with Crippen LogP contribution in [0.25, 0.3) is 0 Å². The summed E-state index contributed by atoms with van der Waals surface area (Å²) >= 11 is 0. The topological polar surface area (TPSA) is 29.5 Å². The van der Waals surface area contributed by atoms with E-state index in [0.717, 1.165) is 35.4 Å². The van der Waals surface area contributed by atoms with Gasteiger partial charge in [0.2, 0.25) is 0 Å². The van der Waals surface area contributed by atoms with Crippen LogP contribution in [0.15, 0.2) is 48.5 Å². The first-order valence-electron chi connectivity index (χ1n) is 9.31. The molecule has 0 unspecified atom stereocenters. The maximum atomic E-state index is 13.0. The molecule has 0 aromatic heterocycles. The summed E-state index contributed by atoms with van der Waals surface area (Å²) in [6.45, 7) is 2.21. The van der Waals surface area contributed by atoms with E-state index in [9.17, 15) is 4.79 Å². The van der Waals surface area contributed by atoms with E-state index in [2.05, 4.69) is 18.8 Å². The first-order valence-corrected chi connectivity index (χ1v) is 9.31. The predicted octanol–water partition coefficient (Wildman–Crippen LogP) is 5.37. The summed E-state index contributed by atoms with van der Waals surface area (Å²) in [5, 5.41) is 0. The van der Waals surface area contributed by atoms with Crippen LogP contribution in [0.1, 0.15) is 61.0 Å². The largest absolute Gasteiger partial charge is 0.497 e. The molecule has 0 spiro atoms. The Morgan fingerprint density at radius 3 is 2.54 bits per heavy atom. The summed E-state index contributed by atoms with van der Waals surface area (Å²) in [5.74, 6) is 7.43. The molecular formula is C23H25NO2. The van der Waals surface area contributed by atoms with E-state index in [0.29, 0.717) is 0 Å². The minimum Gasteiger partial charge on any atom is -0.497 e. The third-order valence-electron chi connectivity index (χ3n) is 4.71. The number of benzene rings is 2. The van der Waals surface area contributed by atoms with Crippen molar-refractivity contribution >= 4 is 11.6 Å². The maximum absolute atomic E-state index is 13.0. The van der Waals surface area contributed by atoms with Gasteiger partial charge >= 0.3 is 0 Å². The minimum absolute atomic E-state index is 0.0102. The highest BCUT2D eigenvalue weighted by atomic mass is 16.5. The monoisotopic (exact) mass is 347 g/mol. The van der Waals surface area contributed by atoms with Gasteiger partial charge in [0.1, 0.15) is 11.8 Å². The Bertz CT molecular complexity index is 814. The smallest absolute Gasteiger partial charge is 0.260 e. The molecule has 3 nitrogen and oxygen atoms in total. The highest BCUT2D eigenvalue weighted by molar-refractivity contribution is 6.11. The second-order valence-electron chi connectivity index (χ2n) is 6.49. The van der Waals surface area contributed by atoms with Gasteiger partial charge in [-0.2, -0.15) is 0 Å². The number of rotatable bonds is 6. The van der Waals surface area contributed by atoms with E-state index >= 15 is 0 Å². The molecule has 1 atom stereocenters. The van der Waals surface area contributed by atoms with Crippen molar-refractivity contribution in [3.05, 3.63) is 59.7 Å². The summed E-state index contributed by atoms with van der Waals surface area (Å²) < 4.78 is 5.23. The van der Waals surface area contributed by atoms with Crippen molar-refractivity contribution in [2.24, 2.45) is 0 Å². The number of carbonyl (C=O) groups is 1. The Balaban J connectivity index is 1.86. The van der Waals surface area contributed by atoms with Crippen LogP contribution in [0, 0.1) is 11.8 Å². The van der Waals surface area contributed by atoms with Gasteiger partial charge in [0, 0.05) is 17.7 Å². The zero-order valence-corrected chi connectivity index (χ0v) is 15.5. The van der Waals surface area contributed by atoms with Crippen molar-refractivity contribution < 1.29 is 9.53 Å². The van der Waals surface area contributed by atoms with Gasteiger partial charge in [-0.25, -0.2) is 0 Å². The summed E-state index contributed by atoms with van der Waals surface area (Å²) in [6, 6.07) is 15.1. The average molecular weight is 347 g/mol. The van der Waals surface area contributed by atoms with Crippen LogP contribution in [0.3, 0.4) is 0 Å². The number of hydrogen-bond acceptors (Lipinski definition) is 2. The van der Waals surface area contributed by atoms with Crippen molar-refractivity contribution in [2.75, 3.05) is 12.0 Å². The SMILES string of the molecule is CCCCCCC#C[C@H]1c2ccccc2C(=O)N1c1ccc(OC)cc1. The van der Waals surface area contributed by atoms with Crippen molar-refractivity contribution in [1.29, 1.82) is 0 Å². The fraction of sp³-hybridized carbons (Fsp3) is 0.348. The first kappa shape index (κ1) is 18.1. The van der Waals surface area contributed by atoms with Crippen LogP contribution in [-0.2, 0) is 0 Å². The molecule has 134 valence electrons. The van der Waals surface area contributed by atoms with Crippen LogP contribution < -0.4 is 9.64 Å². The molecule has 0 saturated carbocycles. The molecule has 0 saturated heterocycles. The number of hydrogen-bond donors (Lipinski definition) is 0. The minimum atomic E-state index is -0.224. The van der Waals surface area contributed by atoms with E-state index in [1.54, 1.807) is 12.0 Å². The van der Waals surface area contributed by atoms with Crippen LogP contribution in [0.2, 0.25) is 0 Å². The van der Waals surface area contributed by atoms with Gasteiger partial charge in [-0.1, -0.05) is 50.3 Å². The normalized spacial score (nSPS) is 15.4. The molecule has 1 aliphatic rings. The molecule has 2 aromatic rings. The lowest BCUT2D eigenvalue weighted by molar-refractivity contribution is 0.0994. The Hall–Kier alpha value is -2.73. The maximum Gasteiger partial charge on any atom is 0.260 e. The summed E-state index contributed by atoms with van der Waals surface area (Å²) in [5.41, 5.74) is 2.58. The molecule has 0 aliphatic carbocycles. The van der Waals surface area contributed by atoms with Crippen LogP contribution in [0.4, 0.5) is 5.69 Å². The number of carbonyl (C=O) groups excluding carboxylic acids is 1.